The highest BCUT2D eigenvalue weighted by Gasteiger charge is 2.38. The summed E-state index contributed by atoms with van der Waals surface area (Å²) < 4.78 is 0. The van der Waals surface area contributed by atoms with Crippen molar-refractivity contribution in [2.24, 2.45) is 5.92 Å². The van der Waals surface area contributed by atoms with E-state index in [1.807, 2.05) is 18.2 Å². The molecular formula is C13H12NO3-. The molecule has 0 saturated carbocycles. The summed E-state index contributed by atoms with van der Waals surface area (Å²) in [7, 11) is 0. The van der Waals surface area contributed by atoms with Crippen molar-refractivity contribution in [2.45, 2.75) is 18.4 Å². The fourth-order valence-corrected chi connectivity index (χ4v) is 2.84. The van der Waals surface area contributed by atoms with Crippen LogP contribution in [0.1, 0.15) is 17.9 Å². The van der Waals surface area contributed by atoms with Crippen LogP contribution in [0.3, 0.4) is 0 Å². The number of benzene rings is 1. The zero-order valence-electron chi connectivity index (χ0n) is 9.09. The van der Waals surface area contributed by atoms with Gasteiger partial charge in [-0.25, -0.2) is 0 Å². The third-order valence-corrected chi connectivity index (χ3v) is 3.63. The Kier molecular flexibility index (Phi) is 2.11. The molecule has 4 nitrogen and oxygen atoms in total. The number of fused-ring (bicyclic) bond motifs is 3. The first-order valence-corrected chi connectivity index (χ1v) is 5.64. The van der Waals surface area contributed by atoms with Gasteiger partial charge in [0.2, 0.25) is 0 Å². The second kappa shape index (κ2) is 3.52. The monoisotopic (exact) mass is 230 g/mol. The van der Waals surface area contributed by atoms with Crippen LogP contribution in [0.2, 0.25) is 0 Å². The van der Waals surface area contributed by atoms with Crippen molar-refractivity contribution in [1.29, 1.82) is 0 Å². The standard InChI is InChI=1S/C13H13NO3/c15-10-6-2-5-8-7-3-1-4-9(7)12(13(16)17)14-11(8)10/h1-3,5-7,9,12,14-15H,4H2,(H,16,17)/p-1/t7-,9-,12-/m1/s1. The molecule has 1 aliphatic carbocycles. The summed E-state index contributed by atoms with van der Waals surface area (Å²) in [6, 6.07) is 4.51. The molecule has 3 rings (SSSR count). The van der Waals surface area contributed by atoms with Gasteiger partial charge in [0, 0.05) is 5.92 Å². The molecule has 1 aliphatic heterocycles. The Hall–Kier alpha value is -1.97. The smallest absolute Gasteiger partial charge is 0.138 e. The van der Waals surface area contributed by atoms with Gasteiger partial charge >= 0.3 is 0 Å². The molecule has 0 saturated heterocycles. The summed E-state index contributed by atoms with van der Waals surface area (Å²) in [6.07, 6.45) is 4.73. The molecule has 0 fully saturated rings. The van der Waals surface area contributed by atoms with Crippen LogP contribution >= 0.6 is 0 Å². The van der Waals surface area contributed by atoms with Crippen molar-refractivity contribution in [3.63, 3.8) is 0 Å². The number of rotatable bonds is 1. The Labute approximate surface area is 98.6 Å². The number of carbonyl (C=O) groups is 1. The Morgan fingerprint density at radius 2 is 2.29 bits per heavy atom. The van der Waals surface area contributed by atoms with Crippen molar-refractivity contribution in [2.75, 3.05) is 5.32 Å². The number of para-hydroxylation sites is 1. The second-order valence-electron chi connectivity index (χ2n) is 4.54. The summed E-state index contributed by atoms with van der Waals surface area (Å²) in [4.78, 5) is 11.1. The van der Waals surface area contributed by atoms with E-state index in [0.717, 1.165) is 12.0 Å². The van der Waals surface area contributed by atoms with E-state index in [-0.39, 0.29) is 17.6 Å². The topological polar surface area (TPSA) is 72.4 Å². The molecule has 0 bridgehead atoms. The van der Waals surface area contributed by atoms with Crippen LogP contribution < -0.4 is 10.4 Å². The number of phenolic OH excluding ortho intramolecular Hbond substituents is 1. The number of aromatic hydroxyl groups is 1. The van der Waals surface area contributed by atoms with Gasteiger partial charge in [-0.05, 0) is 24.0 Å². The van der Waals surface area contributed by atoms with E-state index in [4.69, 9.17) is 0 Å². The van der Waals surface area contributed by atoms with Crippen LogP contribution in [-0.4, -0.2) is 17.1 Å². The maximum Gasteiger partial charge on any atom is 0.138 e. The molecule has 0 spiro atoms. The predicted molar refractivity (Wildman–Crippen MR) is 60.5 cm³/mol. The number of hydrogen-bond donors (Lipinski definition) is 2. The molecule has 0 aromatic heterocycles. The molecule has 17 heavy (non-hydrogen) atoms. The van der Waals surface area contributed by atoms with Crippen molar-refractivity contribution in [3.05, 3.63) is 35.9 Å². The lowest BCUT2D eigenvalue weighted by Gasteiger charge is -2.37. The molecule has 2 aliphatic rings. The number of carbonyl (C=O) groups excluding carboxylic acids is 1. The molecule has 3 atom stereocenters. The van der Waals surface area contributed by atoms with E-state index >= 15 is 0 Å². The summed E-state index contributed by atoms with van der Waals surface area (Å²) >= 11 is 0. The lowest BCUT2D eigenvalue weighted by Crippen LogP contribution is -2.48. The van der Waals surface area contributed by atoms with E-state index in [1.54, 1.807) is 12.1 Å². The van der Waals surface area contributed by atoms with Gasteiger partial charge in [0.25, 0.3) is 0 Å². The number of allylic oxidation sites excluding steroid dienone is 2. The zero-order valence-corrected chi connectivity index (χ0v) is 9.09. The second-order valence-corrected chi connectivity index (χ2v) is 4.54. The first-order valence-electron chi connectivity index (χ1n) is 5.64. The number of carboxylic acids is 1. The predicted octanol–water partition coefficient (Wildman–Crippen LogP) is 0.596. The number of nitrogens with one attached hydrogen (secondary N) is 1. The minimum atomic E-state index is -1.11. The van der Waals surface area contributed by atoms with Crippen molar-refractivity contribution >= 4 is 11.7 Å². The van der Waals surface area contributed by atoms with Gasteiger partial charge in [-0.3, -0.25) is 0 Å². The molecule has 88 valence electrons. The third kappa shape index (κ3) is 1.40. The number of phenols is 1. The Bertz CT molecular complexity index is 509. The number of aliphatic carboxylic acids is 1. The minimum Gasteiger partial charge on any atom is -0.548 e. The van der Waals surface area contributed by atoms with Gasteiger partial charge in [-0.2, -0.15) is 0 Å². The number of anilines is 1. The lowest BCUT2D eigenvalue weighted by atomic mass is 9.79. The van der Waals surface area contributed by atoms with Gasteiger partial charge in [-0.15, -0.1) is 0 Å². The normalized spacial score (nSPS) is 29.3. The molecule has 4 heteroatoms. The third-order valence-electron chi connectivity index (χ3n) is 3.63. The number of carboxylic acid groups (broad SMARTS) is 1. The molecule has 2 N–H and O–H groups in total. The largest absolute Gasteiger partial charge is 0.548 e. The van der Waals surface area contributed by atoms with E-state index in [1.165, 1.54) is 0 Å². The van der Waals surface area contributed by atoms with E-state index in [9.17, 15) is 15.0 Å². The van der Waals surface area contributed by atoms with Crippen LogP contribution in [0.4, 0.5) is 5.69 Å². The zero-order chi connectivity index (χ0) is 12.0. The molecule has 0 unspecified atom stereocenters. The summed E-state index contributed by atoms with van der Waals surface area (Å²) in [5, 5.41) is 23.8. The van der Waals surface area contributed by atoms with E-state index < -0.39 is 12.0 Å². The van der Waals surface area contributed by atoms with Gasteiger partial charge in [0.1, 0.15) is 5.75 Å². The van der Waals surface area contributed by atoms with Crippen LogP contribution in [0.15, 0.2) is 30.4 Å². The minimum absolute atomic E-state index is 0.0192. The highest BCUT2D eigenvalue weighted by atomic mass is 16.4. The SMILES string of the molecule is O=C([O-])[C@@H]1Nc2c(O)cccc2[C@H]2C=CC[C@H]21. The number of hydrogen-bond acceptors (Lipinski definition) is 4. The Balaban J connectivity index is 2.12. The molecule has 0 amide bonds. The van der Waals surface area contributed by atoms with Crippen molar-refractivity contribution < 1.29 is 15.0 Å². The highest BCUT2D eigenvalue weighted by molar-refractivity contribution is 5.80. The summed E-state index contributed by atoms with van der Waals surface area (Å²) in [6.45, 7) is 0. The molecule has 1 aromatic carbocycles. The van der Waals surface area contributed by atoms with E-state index in [0.29, 0.717) is 5.69 Å². The van der Waals surface area contributed by atoms with Gasteiger partial charge in [0.05, 0.1) is 17.7 Å². The average molecular weight is 230 g/mol. The van der Waals surface area contributed by atoms with Gasteiger partial charge in [0.15, 0.2) is 0 Å². The first kappa shape index (κ1) is 10.2. The highest BCUT2D eigenvalue weighted by Crippen LogP contribution is 2.47. The van der Waals surface area contributed by atoms with Crippen LogP contribution in [0.5, 0.6) is 5.75 Å². The maximum absolute atomic E-state index is 11.1. The Morgan fingerprint density at radius 1 is 1.47 bits per heavy atom. The fraction of sp³-hybridized carbons (Fsp3) is 0.308. The quantitative estimate of drug-likeness (QED) is 0.547. The van der Waals surface area contributed by atoms with Crippen molar-refractivity contribution in [1.82, 2.24) is 0 Å². The lowest BCUT2D eigenvalue weighted by molar-refractivity contribution is -0.308. The molecule has 1 heterocycles. The van der Waals surface area contributed by atoms with Crippen LogP contribution in [-0.2, 0) is 4.79 Å². The summed E-state index contributed by atoms with van der Waals surface area (Å²) in [5.41, 5.74) is 1.48. The average Bonchev–Trinajstić information content (AvgIpc) is 2.77. The first-order chi connectivity index (χ1) is 8.18. The molecular weight excluding hydrogens is 218 g/mol. The maximum atomic E-state index is 11.1. The van der Waals surface area contributed by atoms with Gasteiger partial charge < -0.3 is 20.3 Å². The van der Waals surface area contributed by atoms with Crippen LogP contribution in [0.25, 0.3) is 0 Å². The van der Waals surface area contributed by atoms with Crippen molar-refractivity contribution in [3.8, 4) is 5.75 Å². The van der Waals surface area contributed by atoms with Gasteiger partial charge in [-0.1, -0.05) is 24.3 Å². The molecule has 1 aromatic rings. The van der Waals surface area contributed by atoms with Crippen LogP contribution in [0, 0.1) is 5.92 Å². The summed E-state index contributed by atoms with van der Waals surface area (Å²) in [5.74, 6) is -0.986. The molecule has 0 radical (unpaired) electrons. The Morgan fingerprint density at radius 3 is 3.06 bits per heavy atom. The van der Waals surface area contributed by atoms with E-state index in [2.05, 4.69) is 5.32 Å². The fourth-order valence-electron chi connectivity index (χ4n) is 2.84.